The summed E-state index contributed by atoms with van der Waals surface area (Å²) in [5, 5.41) is 17.7. The van der Waals surface area contributed by atoms with Crippen LogP contribution in [-0.4, -0.2) is 50.7 Å². The van der Waals surface area contributed by atoms with Gasteiger partial charge in [0.05, 0.1) is 34.1 Å². The van der Waals surface area contributed by atoms with Gasteiger partial charge in [0.25, 0.3) is 6.43 Å². The number of fused-ring (bicyclic) bond motifs is 3. The predicted octanol–water partition coefficient (Wildman–Crippen LogP) is 3.73. The first-order chi connectivity index (χ1) is 18.7. The monoisotopic (exact) mass is 567 g/mol. The second-order valence-electron chi connectivity index (χ2n) is 9.11. The second-order valence-corrected chi connectivity index (χ2v) is 11.8. The van der Waals surface area contributed by atoms with Gasteiger partial charge in [-0.05, 0) is 37.1 Å². The van der Waals surface area contributed by atoms with Gasteiger partial charge in [-0.3, -0.25) is 9.55 Å². The van der Waals surface area contributed by atoms with Crippen molar-refractivity contribution in [3.8, 4) is 11.2 Å². The first kappa shape index (κ1) is 25.2. The van der Waals surface area contributed by atoms with Crippen LogP contribution in [0.5, 0.6) is 0 Å². The van der Waals surface area contributed by atoms with Crippen molar-refractivity contribution in [1.29, 1.82) is 5.26 Å². The molecule has 11 nitrogen and oxygen atoms in total. The van der Waals surface area contributed by atoms with Crippen molar-refractivity contribution in [3.63, 3.8) is 0 Å². The van der Waals surface area contributed by atoms with Crippen LogP contribution in [0.4, 0.5) is 14.6 Å². The molecule has 1 N–H and O–H groups in total. The molecule has 1 aromatic carbocycles. The first-order valence-corrected chi connectivity index (χ1v) is 14.0. The van der Waals surface area contributed by atoms with Crippen molar-refractivity contribution in [2.75, 3.05) is 11.9 Å². The van der Waals surface area contributed by atoms with Crippen molar-refractivity contribution >= 4 is 49.1 Å². The molecule has 198 valence electrons. The van der Waals surface area contributed by atoms with Gasteiger partial charge in [0, 0.05) is 18.6 Å². The Hall–Kier alpha value is -4.13. The van der Waals surface area contributed by atoms with E-state index in [4.69, 9.17) is 0 Å². The highest BCUT2D eigenvalue weighted by molar-refractivity contribution is 7.89. The summed E-state index contributed by atoms with van der Waals surface area (Å²) >= 11 is 0.681. The maximum Gasteiger partial charge on any atom is 0.291 e. The van der Waals surface area contributed by atoms with E-state index < -0.39 is 27.0 Å². The van der Waals surface area contributed by atoms with E-state index in [0.717, 1.165) is 5.69 Å². The molecule has 1 aliphatic rings. The summed E-state index contributed by atoms with van der Waals surface area (Å²) in [6.07, 6.45) is 1.07. The lowest BCUT2D eigenvalue weighted by molar-refractivity contribution is 0.150. The molecule has 1 fully saturated rings. The average Bonchev–Trinajstić information content (AvgIpc) is 3.37. The van der Waals surface area contributed by atoms with E-state index in [0.29, 0.717) is 58.5 Å². The number of nitriles is 1. The molecular weight excluding hydrogens is 548 g/mol. The van der Waals surface area contributed by atoms with E-state index in [9.17, 15) is 22.5 Å². The molecule has 4 aromatic heterocycles. The summed E-state index contributed by atoms with van der Waals surface area (Å²) in [6, 6.07) is 12.1. The lowest BCUT2D eigenvalue weighted by Gasteiger charge is -2.18. The van der Waals surface area contributed by atoms with Crippen molar-refractivity contribution < 1.29 is 17.2 Å². The van der Waals surface area contributed by atoms with Crippen molar-refractivity contribution in [2.24, 2.45) is 0 Å². The van der Waals surface area contributed by atoms with E-state index in [1.54, 1.807) is 12.3 Å². The highest BCUT2D eigenvalue weighted by Gasteiger charge is 2.46. The third kappa shape index (κ3) is 4.46. The Morgan fingerprint density at radius 3 is 2.69 bits per heavy atom. The molecule has 0 amide bonds. The molecule has 15 heteroatoms. The summed E-state index contributed by atoms with van der Waals surface area (Å²) in [5.74, 6) is 0.531. The Bertz CT molecular complexity index is 1860. The third-order valence-corrected chi connectivity index (χ3v) is 8.85. The van der Waals surface area contributed by atoms with Gasteiger partial charge in [-0.2, -0.15) is 9.98 Å². The van der Waals surface area contributed by atoms with Crippen LogP contribution < -0.4 is 9.62 Å². The van der Waals surface area contributed by atoms with Crippen LogP contribution in [0.2, 0.25) is 0 Å². The number of nitrogens with zero attached hydrogens (tertiary/aromatic N) is 8. The zero-order valence-electron chi connectivity index (χ0n) is 20.3. The van der Waals surface area contributed by atoms with Gasteiger partial charge < -0.3 is 4.90 Å². The number of hydrogen-bond acceptors (Lipinski definition) is 10. The summed E-state index contributed by atoms with van der Waals surface area (Å²) in [7, 11) is -2.23. The molecular formula is C24H19F2N9O2S2. The maximum absolute atomic E-state index is 13.4. The number of rotatable bonds is 8. The van der Waals surface area contributed by atoms with Gasteiger partial charge in [-0.25, -0.2) is 27.2 Å². The lowest BCUT2D eigenvalue weighted by atomic mass is 10.2. The molecule has 5 aromatic rings. The van der Waals surface area contributed by atoms with Crippen LogP contribution in [-0.2, 0) is 16.6 Å². The van der Waals surface area contributed by atoms with Crippen molar-refractivity contribution in [1.82, 2.24) is 34.4 Å². The summed E-state index contributed by atoms with van der Waals surface area (Å²) in [4.78, 5) is 15.1. The fraction of sp³-hybridized carbons (Fsp3) is 0.250. The zero-order chi connectivity index (χ0) is 27.4. The van der Waals surface area contributed by atoms with Crippen LogP contribution in [0.1, 0.15) is 30.0 Å². The first-order valence-electron chi connectivity index (χ1n) is 11.7. The highest BCUT2D eigenvalue weighted by atomic mass is 32.2. The molecule has 0 atom stereocenters. The van der Waals surface area contributed by atoms with Crippen LogP contribution in [0.3, 0.4) is 0 Å². The molecule has 1 aliphatic carbocycles. The number of nitrogens with one attached hydrogen (secondary N) is 1. The molecule has 0 unspecified atom stereocenters. The molecule has 6 rings (SSSR count). The zero-order valence-corrected chi connectivity index (χ0v) is 21.9. The molecule has 4 heterocycles. The van der Waals surface area contributed by atoms with Crippen LogP contribution in [0.15, 0.2) is 53.8 Å². The van der Waals surface area contributed by atoms with E-state index in [1.165, 1.54) is 23.0 Å². The highest BCUT2D eigenvalue weighted by Crippen LogP contribution is 2.39. The van der Waals surface area contributed by atoms with Crippen LogP contribution >= 0.6 is 11.3 Å². The number of halogens is 2. The van der Waals surface area contributed by atoms with Gasteiger partial charge >= 0.3 is 0 Å². The average molecular weight is 568 g/mol. The summed E-state index contributed by atoms with van der Waals surface area (Å²) in [5.41, 5.74) is 0.392. The Morgan fingerprint density at radius 1 is 1.21 bits per heavy atom. The van der Waals surface area contributed by atoms with Crippen LogP contribution in [0.25, 0.3) is 27.1 Å². The van der Waals surface area contributed by atoms with Crippen molar-refractivity contribution in [3.05, 3.63) is 59.6 Å². The van der Waals surface area contributed by atoms with E-state index in [1.807, 2.05) is 36.2 Å². The molecule has 0 bridgehead atoms. The van der Waals surface area contributed by atoms with E-state index >= 15 is 0 Å². The number of alkyl halides is 2. The Labute approximate surface area is 224 Å². The summed E-state index contributed by atoms with van der Waals surface area (Å²) < 4.78 is 57.1. The molecule has 39 heavy (non-hydrogen) atoms. The van der Waals surface area contributed by atoms with Crippen molar-refractivity contribution in [2.45, 2.75) is 36.2 Å². The topological polar surface area (TPSA) is 143 Å². The van der Waals surface area contributed by atoms with E-state index in [-0.39, 0.29) is 10.0 Å². The predicted molar refractivity (Wildman–Crippen MR) is 139 cm³/mol. The fourth-order valence-electron chi connectivity index (χ4n) is 4.34. The Balaban J connectivity index is 1.56. The smallest absolute Gasteiger partial charge is 0.291 e. The summed E-state index contributed by atoms with van der Waals surface area (Å²) in [6.45, 7) is 0.417. The number of sulfonamides is 1. The molecule has 0 aliphatic heterocycles. The number of aromatic nitrogens is 6. The number of pyridine rings is 1. The third-order valence-electron chi connectivity index (χ3n) is 6.40. The number of benzene rings is 1. The number of hydrogen-bond donors (Lipinski definition) is 1. The molecule has 0 spiro atoms. The minimum absolute atomic E-state index is 0.0875. The maximum atomic E-state index is 13.4. The minimum atomic E-state index is -4.06. The Kier molecular flexibility index (Phi) is 5.97. The fourth-order valence-corrected chi connectivity index (χ4v) is 6.45. The number of anilines is 1. The van der Waals surface area contributed by atoms with Crippen LogP contribution in [0, 0.1) is 11.3 Å². The lowest BCUT2D eigenvalue weighted by Crippen LogP contribution is -2.35. The largest absolute Gasteiger partial charge is 0.353 e. The normalized spacial score (nSPS) is 14.6. The van der Waals surface area contributed by atoms with Gasteiger partial charge in [0.15, 0.2) is 10.7 Å². The quantitative estimate of drug-likeness (QED) is 0.297. The van der Waals surface area contributed by atoms with Gasteiger partial charge in [-0.15, -0.1) is 10.2 Å². The molecule has 0 saturated heterocycles. The standard InChI is InChI=1S/C24H19F2N9O2S2/c1-34(11-14-4-2-3-9-28-14)20-18-16-6-5-15(39(36,37)33-24(12-27)7-8-24)10-17(16)35(21(18)30-13-29-20)23-32-31-22(38-23)19(25)26/h2-6,9-10,13,19,33H,7-8,11H2,1H3. The SMILES string of the molecule is CN(Cc1ccccn1)c1ncnc2c1c1ccc(S(=O)(=O)NC3(C#N)CC3)cc1n2-c1nnc(C(F)F)s1. The minimum Gasteiger partial charge on any atom is -0.353 e. The van der Waals surface area contributed by atoms with E-state index in [2.05, 4.69) is 29.9 Å². The second kappa shape index (κ2) is 9.26. The Morgan fingerprint density at radius 2 is 2.03 bits per heavy atom. The van der Waals surface area contributed by atoms with Gasteiger partial charge in [0.1, 0.15) is 17.7 Å². The molecule has 1 saturated carbocycles. The van der Waals surface area contributed by atoms with Gasteiger partial charge in [0.2, 0.25) is 15.2 Å². The van der Waals surface area contributed by atoms with Gasteiger partial charge in [-0.1, -0.05) is 23.5 Å². The molecule has 0 radical (unpaired) electrons.